The third-order valence-corrected chi connectivity index (χ3v) is 4.27. The van der Waals surface area contributed by atoms with E-state index in [1.807, 2.05) is 4.90 Å². The van der Waals surface area contributed by atoms with Gasteiger partial charge >= 0.3 is 0 Å². The van der Waals surface area contributed by atoms with Crippen molar-refractivity contribution < 1.29 is 9.59 Å². The second-order valence-electron chi connectivity index (χ2n) is 6.24. The summed E-state index contributed by atoms with van der Waals surface area (Å²) in [5.74, 6) is -0.00899. The van der Waals surface area contributed by atoms with E-state index in [0.717, 1.165) is 38.8 Å². The summed E-state index contributed by atoms with van der Waals surface area (Å²) in [5, 5.41) is 0. The summed E-state index contributed by atoms with van der Waals surface area (Å²) in [7, 11) is 0. The van der Waals surface area contributed by atoms with Crippen molar-refractivity contribution in [1.29, 1.82) is 0 Å². The molecule has 2 amide bonds. The van der Waals surface area contributed by atoms with Gasteiger partial charge in [-0.05, 0) is 25.7 Å². The van der Waals surface area contributed by atoms with E-state index in [4.69, 9.17) is 5.73 Å². The average Bonchev–Trinajstić information content (AvgIpc) is 2.44. The zero-order valence-electron chi connectivity index (χ0n) is 13.4. The summed E-state index contributed by atoms with van der Waals surface area (Å²) >= 11 is 0. The Kier molecular flexibility index (Phi) is 9.92. The lowest BCUT2D eigenvalue weighted by Crippen LogP contribution is -2.33. The van der Waals surface area contributed by atoms with Gasteiger partial charge in [-0.3, -0.25) is 9.59 Å². The van der Waals surface area contributed by atoms with Crippen LogP contribution in [0.3, 0.4) is 0 Å². The van der Waals surface area contributed by atoms with Crippen LogP contribution in [0.4, 0.5) is 0 Å². The molecule has 2 N–H and O–H groups in total. The molecule has 0 bridgehead atoms. The first-order chi connectivity index (χ1) is 10.2. The van der Waals surface area contributed by atoms with Crippen LogP contribution >= 0.6 is 0 Å². The molecule has 4 heteroatoms. The first-order valence-electron chi connectivity index (χ1n) is 8.76. The standard InChI is InChI=1S/C17H32N2O2/c18-16(20)12-8-9-13-17(21)19-14-10-6-4-2-1-3-5-7-11-15-19/h1-15H2,(H2,18,20). The molecule has 1 aliphatic rings. The van der Waals surface area contributed by atoms with E-state index < -0.39 is 0 Å². The van der Waals surface area contributed by atoms with E-state index in [0.29, 0.717) is 12.8 Å². The zero-order chi connectivity index (χ0) is 15.3. The van der Waals surface area contributed by atoms with Crippen LogP contribution in [0.1, 0.15) is 83.5 Å². The van der Waals surface area contributed by atoms with Crippen molar-refractivity contribution >= 4 is 11.8 Å². The van der Waals surface area contributed by atoms with Crippen LogP contribution in [0.2, 0.25) is 0 Å². The molecule has 21 heavy (non-hydrogen) atoms. The fourth-order valence-electron chi connectivity index (χ4n) is 2.94. The highest BCUT2D eigenvalue weighted by atomic mass is 16.2. The van der Waals surface area contributed by atoms with E-state index in [1.54, 1.807) is 0 Å². The molecule has 0 saturated carbocycles. The Balaban J connectivity index is 2.28. The number of primary amides is 1. The normalized spacial score (nSPS) is 18.6. The van der Waals surface area contributed by atoms with E-state index in [-0.39, 0.29) is 11.8 Å². The number of rotatable bonds is 5. The monoisotopic (exact) mass is 296 g/mol. The van der Waals surface area contributed by atoms with Gasteiger partial charge in [0.1, 0.15) is 0 Å². The summed E-state index contributed by atoms with van der Waals surface area (Å²) in [5.41, 5.74) is 5.12. The van der Waals surface area contributed by atoms with Gasteiger partial charge in [-0.2, -0.15) is 0 Å². The number of unbranched alkanes of at least 4 members (excludes halogenated alkanes) is 1. The van der Waals surface area contributed by atoms with E-state index in [1.165, 1.54) is 44.9 Å². The van der Waals surface area contributed by atoms with Crippen LogP contribution in [0.5, 0.6) is 0 Å². The van der Waals surface area contributed by atoms with E-state index in [2.05, 4.69) is 0 Å². The van der Waals surface area contributed by atoms with Crippen molar-refractivity contribution in [2.75, 3.05) is 13.1 Å². The van der Waals surface area contributed by atoms with Crippen LogP contribution < -0.4 is 5.73 Å². The molecule has 1 fully saturated rings. The average molecular weight is 296 g/mol. The van der Waals surface area contributed by atoms with Crippen molar-refractivity contribution in [1.82, 2.24) is 4.90 Å². The molecular formula is C17H32N2O2. The molecule has 1 aliphatic heterocycles. The maximum absolute atomic E-state index is 12.3. The van der Waals surface area contributed by atoms with Crippen LogP contribution in [0.15, 0.2) is 0 Å². The van der Waals surface area contributed by atoms with Gasteiger partial charge in [0.05, 0.1) is 0 Å². The van der Waals surface area contributed by atoms with Crippen LogP contribution in [-0.4, -0.2) is 29.8 Å². The Labute approximate surface area is 129 Å². The third-order valence-electron chi connectivity index (χ3n) is 4.27. The first-order valence-corrected chi connectivity index (χ1v) is 8.76. The lowest BCUT2D eigenvalue weighted by Gasteiger charge is -2.23. The maximum Gasteiger partial charge on any atom is 0.222 e. The summed E-state index contributed by atoms with van der Waals surface area (Å²) < 4.78 is 0. The minimum atomic E-state index is -0.270. The third kappa shape index (κ3) is 9.48. The number of nitrogens with two attached hydrogens (primary N) is 1. The zero-order valence-corrected chi connectivity index (χ0v) is 13.4. The fraction of sp³-hybridized carbons (Fsp3) is 0.882. The molecule has 0 aliphatic carbocycles. The number of carbonyl (C=O) groups is 2. The molecule has 0 radical (unpaired) electrons. The quantitative estimate of drug-likeness (QED) is 0.790. The Morgan fingerprint density at radius 3 is 1.62 bits per heavy atom. The van der Waals surface area contributed by atoms with Gasteiger partial charge in [0, 0.05) is 25.9 Å². The second kappa shape index (κ2) is 11.6. The first kappa shape index (κ1) is 18.0. The number of amides is 2. The number of hydrogen-bond donors (Lipinski definition) is 1. The molecule has 0 spiro atoms. The van der Waals surface area contributed by atoms with Crippen molar-refractivity contribution in [3.05, 3.63) is 0 Å². The lowest BCUT2D eigenvalue weighted by atomic mass is 10.1. The summed E-state index contributed by atoms with van der Waals surface area (Å²) in [6.45, 7) is 1.82. The van der Waals surface area contributed by atoms with Crippen molar-refractivity contribution in [2.24, 2.45) is 5.73 Å². The highest BCUT2D eigenvalue weighted by molar-refractivity contribution is 5.76. The van der Waals surface area contributed by atoms with Gasteiger partial charge in [0.2, 0.25) is 11.8 Å². The largest absolute Gasteiger partial charge is 0.370 e. The summed E-state index contributed by atoms with van der Waals surface area (Å²) in [4.78, 5) is 25.0. The molecule has 1 saturated heterocycles. The summed E-state index contributed by atoms with van der Waals surface area (Å²) in [6.07, 6.45) is 13.9. The molecule has 1 rings (SSSR count). The van der Waals surface area contributed by atoms with Crippen molar-refractivity contribution in [2.45, 2.75) is 83.5 Å². The molecule has 122 valence electrons. The minimum absolute atomic E-state index is 0.261. The van der Waals surface area contributed by atoms with Gasteiger partial charge in [0.15, 0.2) is 0 Å². The Morgan fingerprint density at radius 2 is 1.14 bits per heavy atom. The van der Waals surface area contributed by atoms with Gasteiger partial charge in [-0.15, -0.1) is 0 Å². The molecule has 0 aromatic carbocycles. The SMILES string of the molecule is NC(=O)CCCCC(=O)N1CCCCCCCCCCC1. The molecule has 4 nitrogen and oxygen atoms in total. The molecular weight excluding hydrogens is 264 g/mol. The second-order valence-corrected chi connectivity index (χ2v) is 6.24. The van der Waals surface area contributed by atoms with Crippen molar-refractivity contribution in [3.63, 3.8) is 0 Å². The molecule has 0 atom stereocenters. The van der Waals surface area contributed by atoms with Gasteiger partial charge in [-0.1, -0.05) is 44.9 Å². The van der Waals surface area contributed by atoms with Crippen LogP contribution in [-0.2, 0) is 9.59 Å². The highest BCUT2D eigenvalue weighted by Crippen LogP contribution is 2.14. The predicted octanol–water partition coefficient (Wildman–Crippen LogP) is 3.39. The predicted molar refractivity (Wildman–Crippen MR) is 85.8 cm³/mol. The molecule has 1 heterocycles. The molecule has 0 aromatic heterocycles. The number of carbonyl (C=O) groups excluding carboxylic acids is 2. The number of hydrogen-bond acceptors (Lipinski definition) is 2. The lowest BCUT2D eigenvalue weighted by molar-refractivity contribution is -0.131. The summed E-state index contributed by atoms with van der Waals surface area (Å²) in [6, 6.07) is 0. The number of nitrogens with zero attached hydrogens (tertiary/aromatic N) is 1. The van der Waals surface area contributed by atoms with Crippen LogP contribution in [0, 0.1) is 0 Å². The molecule has 0 aromatic rings. The minimum Gasteiger partial charge on any atom is -0.370 e. The smallest absolute Gasteiger partial charge is 0.222 e. The Morgan fingerprint density at radius 1 is 0.714 bits per heavy atom. The van der Waals surface area contributed by atoms with E-state index >= 15 is 0 Å². The van der Waals surface area contributed by atoms with Gasteiger partial charge in [-0.25, -0.2) is 0 Å². The van der Waals surface area contributed by atoms with Crippen molar-refractivity contribution in [3.8, 4) is 0 Å². The van der Waals surface area contributed by atoms with Crippen LogP contribution in [0.25, 0.3) is 0 Å². The Bertz CT molecular complexity index is 293. The topological polar surface area (TPSA) is 63.4 Å². The van der Waals surface area contributed by atoms with Gasteiger partial charge in [0.25, 0.3) is 0 Å². The molecule has 0 unspecified atom stereocenters. The van der Waals surface area contributed by atoms with E-state index in [9.17, 15) is 9.59 Å². The highest BCUT2D eigenvalue weighted by Gasteiger charge is 2.13. The Hall–Kier alpha value is -1.06. The fourth-order valence-corrected chi connectivity index (χ4v) is 2.94. The maximum atomic E-state index is 12.3. The van der Waals surface area contributed by atoms with Gasteiger partial charge < -0.3 is 10.6 Å².